The molecule has 0 N–H and O–H groups in total. The molecule has 0 heterocycles. The Hall–Kier alpha value is -0.850. The van der Waals surface area contributed by atoms with E-state index >= 15 is 0 Å². The summed E-state index contributed by atoms with van der Waals surface area (Å²) in [6, 6.07) is 0. The van der Waals surface area contributed by atoms with Crippen molar-refractivity contribution in [2.75, 3.05) is 0 Å². The molecular formula is C8H12O. The van der Waals surface area contributed by atoms with E-state index in [4.69, 9.17) is 0 Å². The zero-order valence-corrected chi connectivity index (χ0v) is 5.92. The van der Waals surface area contributed by atoms with Crippen LogP contribution in [0.2, 0.25) is 0 Å². The first-order valence-corrected chi connectivity index (χ1v) is 2.89. The molecule has 0 aliphatic carbocycles. The Morgan fingerprint density at radius 3 is 2.33 bits per heavy atom. The van der Waals surface area contributed by atoms with Gasteiger partial charge in [-0.2, -0.15) is 0 Å². The number of hydrogen-bond donors (Lipinski definition) is 0. The summed E-state index contributed by atoms with van der Waals surface area (Å²) in [6.07, 6.45) is 5.87. The van der Waals surface area contributed by atoms with Gasteiger partial charge >= 0.3 is 0 Å². The minimum Gasteiger partial charge on any atom is -0.299 e. The van der Waals surface area contributed by atoms with Crippen molar-refractivity contribution in [3.05, 3.63) is 24.8 Å². The standard InChI is InChI=1S/C8H12O/c1-4-8(2,3)6-5-7-9/h4-7H,1H2,2-3H3/b6-5-. The molecular weight excluding hydrogens is 112 g/mol. The summed E-state index contributed by atoms with van der Waals surface area (Å²) in [5.74, 6) is 0. The number of allylic oxidation sites excluding steroid dienone is 3. The molecule has 50 valence electrons. The van der Waals surface area contributed by atoms with Gasteiger partial charge in [-0.05, 0) is 6.08 Å². The van der Waals surface area contributed by atoms with Crippen molar-refractivity contribution in [1.82, 2.24) is 0 Å². The van der Waals surface area contributed by atoms with E-state index in [-0.39, 0.29) is 5.41 Å². The monoisotopic (exact) mass is 124 g/mol. The normalized spacial score (nSPS) is 11.8. The predicted molar refractivity (Wildman–Crippen MR) is 39.2 cm³/mol. The fourth-order valence-electron chi connectivity index (χ4n) is 0.355. The lowest BCUT2D eigenvalue weighted by Gasteiger charge is -2.11. The highest BCUT2D eigenvalue weighted by molar-refractivity contribution is 5.64. The third-order valence-electron chi connectivity index (χ3n) is 1.13. The SMILES string of the molecule is C=CC(C)(C)/C=C\C=O. The van der Waals surface area contributed by atoms with Gasteiger partial charge in [-0.3, -0.25) is 4.79 Å². The highest BCUT2D eigenvalue weighted by Crippen LogP contribution is 2.16. The van der Waals surface area contributed by atoms with E-state index in [1.54, 1.807) is 6.08 Å². The van der Waals surface area contributed by atoms with Crippen LogP contribution in [0.15, 0.2) is 24.8 Å². The minimum atomic E-state index is -0.0547. The maximum absolute atomic E-state index is 9.85. The molecule has 1 heteroatoms. The van der Waals surface area contributed by atoms with Gasteiger partial charge in [-0.15, -0.1) is 6.58 Å². The second kappa shape index (κ2) is 3.23. The van der Waals surface area contributed by atoms with Crippen molar-refractivity contribution in [2.24, 2.45) is 5.41 Å². The largest absolute Gasteiger partial charge is 0.299 e. The van der Waals surface area contributed by atoms with Crippen LogP contribution < -0.4 is 0 Å². The van der Waals surface area contributed by atoms with Crippen LogP contribution in [0, 0.1) is 5.41 Å². The highest BCUT2D eigenvalue weighted by atomic mass is 16.1. The van der Waals surface area contributed by atoms with Crippen LogP contribution in [-0.2, 0) is 4.79 Å². The van der Waals surface area contributed by atoms with Gasteiger partial charge < -0.3 is 0 Å². The smallest absolute Gasteiger partial charge is 0.142 e. The second-order valence-corrected chi connectivity index (χ2v) is 2.52. The molecule has 0 aromatic rings. The number of rotatable bonds is 3. The summed E-state index contributed by atoms with van der Waals surface area (Å²) in [4.78, 5) is 9.85. The summed E-state index contributed by atoms with van der Waals surface area (Å²) in [7, 11) is 0. The molecule has 0 radical (unpaired) electrons. The zero-order valence-electron chi connectivity index (χ0n) is 5.92. The van der Waals surface area contributed by atoms with Gasteiger partial charge in [-0.1, -0.05) is 26.0 Å². The van der Waals surface area contributed by atoms with Crippen LogP contribution in [0.4, 0.5) is 0 Å². The van der Waals surface area contributed by atoms with Crippen LogP contribution in [0.25, 0.3) is 0 Å². The fourth-order valence-corrected chi connectivity index (χ4v) is 0.355. The minimum absolute atomic E-state index is 0.0547. The van der Waals surface area contributed by atoms with Crippen molar-refractivity contribution in [1.29, 1.82) is 0 Å². The molecule has 0 fully saturated rings. The lowest BCUT2D eigenvalue weighted by atomic mass is 9.94. The Bertz CT molecular complexity index is 132. The van der Waals surface area contributed by atoms with E-state index in [1.165, 1.54) is 6.08 Å². The number of aldehydes is 1. The second-order valence-electron chi connectivity index (χ2n) is 2.52. The van der Waals surface area contributed by atoms with Crippen LogP contribution in [-0.4, -0.2) is 6.29 Å². The first-order chi connectivity index (χ1) is 4.12. The maximum atomic E-state index is 9.85. The van der Waals surface area contributed by atoms with Crippen LogP contribution >= 0.6 is 0 Å². The van der Waals surface area contributed by atoms with Gasteiger partial charge in [0.1, 0.15) is 6.29 Å². The average molecular weight is 124 g/mol. The Balaban J connectivity index is 3.99. The molecule has 0 spiro atoms. The first-order valence-electron chi connectivity index (χ1n) is 2.89. The van der Waals surface area contributed by atoms with Crippen LogP contribution in [0.1, 0.15) is 13.8 Å². The Morgan fingerprint density at radius 1 is 1.44 bits per heavy atom. The molecule has 0 saturated heterocycles. The lowest BCUT2D eigenvalue weighted by Crippen LogP contribution is -2.00. The Kier molecular flexibility index (Phi) is 2.93. The molecule has 0 aliphatic rings. The van der Waals surface area contributed by atoms with Gasteiger partial charge in [0, 0.05) is 5.41 Å². The molecule has 0 aliphatic heterocycles. The first kappa shape index (κ1) is 8.15. The Morgan fingerprint density at radius 2 is 2.00 bits per heavy atom. The summed E-state index contributed by atoms with van der Waals surface area (Å²) < 4.78 is 0. The van der Waals surface area contributed by atoms with E-state index in [0.717, 1.165) is 6.29 Å². The van der Waals surface area contributed by atoms with Gasteiger partial charge in [-0.25, -0.2) is 0 Å². The van der Waals surface area contributed by atoms with Gasteiger partial charge in [0.25, 0.3) is 0 Å². The molecule has 0 saturated carbocycles. The van der Waals surface area contributed by atoms with E-state index in [2.05, 4.69) is 6.58 Å². The average Bonchev–Trinajstić information content (AvgIpc) is 1.84. The Labute approximate surface area is 56.1 Å². The van der Waals surface area contributed by atoms with Crippen molar-refractivity contribution >= 4 is 6.29 Å². The predicted octanol–water partition coefficient (Wildman–Crippen LogP) is 1.95. The third kappa shape index (κ3) is 3.71. The molecule has 0 bridgehead atoms. The van der Waals surface area contributed by atoms with E-state index < -0.39 is 0 Å². The number of hydrogen-bond acceptors (Lipinski definition) is 1. The van der Waals surface area contributed by atoms with Crippen molar-refractivity contribution < 1.29 is 4.79 Å². The molecule has 0 rings (SSSR count). The quantitative estimate of drug-likeness (QED) is 0.319. The summed E-state index contributed by atoms with van der Waals surface area (Å²) in [5.41, 5.74) is -0.0547. The number of carbonyl (C=O) groups is 1. The molecule has 0 amide bonds. The van der Waals surface area contributed by atoms with Crippen molar-refractivity contribution in [3.63, 3.8) is 0 Å². The van der Waals surface area contributed by atoms with E-state index in [9.17, 15) is 4.79 Å². The van der Waals surface area contributed by atoms with Gasteiger partial charge in [0.05, 0.1) is 0 Å². The number of carbonyl (C=O) groups excluding carboxylic acids is 1. The lowest BCUT2D eigenvalue weighted by molar-refractivity contribution is -0.104. The summed E-state index contributed by atoms with van der Waals surface area (Å²) >= 11 is 0. The summed E-state index contributed by atoms with van der Waals surface area (Å²) in [6.45, 7) is 7.59. The van der Waals surface area contributed by atoms with Crippen LogP contribution in [0.3, 0.4) is 0 Å². The molecule has 0 atom stereocenters. The molecule has 9 heavy (non-hydrogen) atoms. The summed E-state index contributed by atoms with van der Waals surface area (Å²) in [5, 5.41) is 0. The molecule has 0 aromatic heterocycles. The van der Waals surface area contributed by atoms with Crippen molar-refractivity contribution in [2.45, 2.75) is 13.8 Å². The van der Waals surface area contributed by atoms with Crippen molar-refractivity contribution in [3.8, 4) is 0 Å². The zero-order chi connectivity index (χ0) is 7.33. The maximum Gasteiger partial charge on any atom is 0.142 e. The van der Waals surface area contributed by atoms with Crippen LogP contribution in [0.5, 0.6) is 0 Å². The highest BCUT2D eigenvalue weighted by Gasteiger charge is 2.05. The van der Waals surface area contributed by atoms with Gasteiger partial charge in [0.15, 0.2) is 0 Å². The molecule has 0 aromatic carbocycles. The third-order valence-corrected chi connectivity index (χ3v) is 1.13. The fraction of sp³-hybridized carbons (Fsp3) is 0.375. The van der Waals surface area contributed by atoms with E-state index in [0.29, 0.717) is 0 Å². The topological polar surface area (TPSA) is 17.1 Å². The van der Waals surface area contributed by atoms with E-state index in [1.807, 2.05) is 19.9 Å². The molecule has 0 unspecified atom stereocenters. The van der Waals surface area contributed by atoms with Gasteiger partial charge in [0.2, 0.25) is 0 Å². The molecule has 1 nitrogen and oxygen atoms in total.